The zero-order valence-electron chi connectivity index (χ0n) is 10.2. The molecule has 1 aliphatic rings. The van der Waals surface area contributed by atoms with Crippen molar-refractivity contribution in [2.24, 2.45) is 11.7 Å². The van der Waals surface area contributed by atoms with E-state index in [1.807, 2.05) is 0 Å². The van der Waals surface area contributed by atoms with Crippen molar-refractivity contribution in [2.45, 2.75) is 39.2 Å². The Bertz CT molecular complexity index is 150. The van der Waals surface area contributed by atoms with E-state index in [-0.39, 0.29) is 0 Å². The number of likely N-dealkylation sites (N-methyl/N-ethyl adjacent to an activating group) is 1. The molecular weight excluding hydrogens is 188 g/mol. The fourth-order valence-electron chi connectivity index (χ4n) is 2.14. The molecule has 0 aliphatic carbocycles. The lowest BCUT2D eigenvalue weighted by Gasteiger charge is -2.27. The summed E-state index contributed by atoms with van der Waals surface area (Å²) in [5, 5.41) is 0. The van der Waals surface area contributed by atoms with E-state index in [0.29, 0.717) is 12.0 Å². The van der Waals surface area contributed by atoms with E-state index in [4.69, 9.17) is 10.5 Å². The lowest BCUT2D eigenvalue weighted by atomic mass is 10.1. The number of hydrogen-bond acceptors (Lipinski definition) is 3. The maximum Gasteiger partial charge on any atom is 0.0702 e. The minimum Gasteiger partial charge on any atom is -0.377 e. The van der Waals surface area contributed by atoms with E-state index in [9.17, 15) is 0 Å². The van der Waals surface area contributed by atoms with Gasteiger partial charge in [0.15, 0.2) is 0 Å². The van der Waals surface area contributed by atoms with Gasteiger partial charge in [0.05, 0.1) is 6.10 Å². The predicted molar refractivity (Wildman–Crippen MR) is 63.9 cm³/mol. The molecule has 0 radical (unpaired) electrons. The van der Waals surface area contributed by atoms with Gasteiger partial charge in [0.25, 0.3) is 0 Å². The first-order valence-corrected chi connectivity index (χ1v) is 6.34. The molecule has 0 aromatic rings. The van der Waals surface area contributed by atoms with E-state index < -0.39 is 0 Å². The van der Waals surface area contributed by atoms with Crippen LogP contribution in [0.3, 0.4) is 0 Å². The summed E-state index contributed by atoms with van der Waals surface area (Å²) in [7, 11) is 0. The molecule has 1 rings (SSSR count). The van der Waals surface area contributed by atoms with Gasteiger partial charge in [-0.05, 0) is 31.8 Å². The van der Waals surface area contributed by atoms with Crippen molar-refractivity contribution < 1.29 is 4.74 Å². The SMILES string of the molecule is CCC(CN)CN(CC)CC1CCCO1. The van der Waals surface area contributed by atoms with Crippen LogP contribution in [0.5, 0.6) is 0 Å². The minimum absolute atomic E-state index is 0.472. The fraction of sp³-hybridized carbons (Fsp3) is 1.00. The molecule has 2 N–H and O–H groups in total. The summed E-state index contributed by atoms with van der Waals surface area (Å²) in [6, 6.07) is 0. The molecule has 0 aromatic carbocycles. The molecule has 0 bridgehead atoms. The van der Waals surface area contributed by atoms with E-state index in [2.05, 4.69) is 18.7 Å². The monoisotopic (exact) mass is 214 g/mol. The Kier molecular flexibility index (Phi) is 6.22. The van der Waals surface area contributed by atoms with Gasteiger partial charge in [0, 0.05) is 19.7 Å². The zero-order valence-corrected chi connectivity index (χ0v) is 10.2. The summed E-state index contributed by atoms with van der Waals surface area (Å²) < 4.78 is 5.66. The van der Waals surface area contributed by atoms with Gasteiger partial charge < -0.3 is 15.4 Å². The topological polar surface area (TPSA) is 38.5 Å². The van der Waals surface area contributed by atoms with E-state index in [1.165, 1.54) is 19.3 Å². The highest BCUT2D eigenvalue weighted by Crippen LogP contribution is 2.14. The number of hydrogen-bond donors (Lipinski definition) is 1. The maximum absolute atomic E-state index is 5.74. The molecule has 0 spiro atoms. The van der Waals surface area contributed by atoms with Crippen LogP contribution in [0.2, 0.25) is 0 Å². The zero-order chi connectivity index (χ0) is 11.1. The number of rotatable bonds is 7. The third-order valence-electron chi connectivity index (χ3n) is 3.36. The van der Waals surface area contributed by atoms with Gasteiger partial charge in [-0.1, -0.05) is 20.3 Å². The average molecular weight is 214 g/mol. The molecule has 1 heterocycles. The van der Waals surface area contributed by atoms with Gasteiger partial charge in [-0.25, -0.2) is 0 Å². The predicted octanol–water partition coefficient (Wildman–Crippen LogP) is 1.47. The van der Waals surface area contributed by atoms with Gasteiger partial charge in [-0.3, -0.25) is 0 Å². The second-order valence-corrected chi connectivity index (χ2v) is 4.50. The third-order valence-corrected chi connectivity index (χ3v) is 3.36. The van der Waals surface area contributed by atoms with Gasteiger partial charge in [0.2, 0.25) is 0 Å². The van der Waals surface area contributed by atoms with E-state index in [0.717, 1.165) is 32.8 Å². The highest BCUT2D eigenvalue weighted by atomic mass is 16.5. The highest BCUT2D eigenvalue weighted by Gasteiger charge is 2.19. The number of ether oxygens (including phenoxy) is 1. The van der Waals surface area contributed by atoms with Crippen molar-refractivity contribution in [3.8, 4) is 0 Å². The highest BCUT2D eigenvalue weighted by molar-refractivity contribution is 4.72. The summed E-state index contributed by atoms with van der Waals surface area (Å²) in [5.74, 6) is 0.645. The second-order valence-electron chi connectivity index (χ2n) is 4.50. The van der Waals surface area contributed by atoms with Crippen LogP contribution in [0.4, 0.5) is 0 Å². The summed E-state index contributed by atoms with van der Waals surface area (Å²) in [4.78, 5) is 2.48. The Hall–Kier alpha value is -0.120. The first kappa shape index (κ1) is 12.9. The van der Waals surface area contributed by atoms with Crippen molar-refractivity contribution in [3.63, 3.8) is 0 Å². The molecule has 2 atom stereocenters. The summed E-state index contributed by atoms with van der Waals surface area (Å²) in [6.45, 7) is 9.52. The fourth-order valence-corrected chi connectivity index (χ4v) is 2.14. The molecular formula is C12H26N2O. The molecule has 2 unspecified atom stereocenters. The van der Waals surface area contributed by atoms with Crippen LogP contribution in [-0.4, -0.2) is 43.8 Å². The molecule has 0 aromatic heterocycles. The van der Waals surface area contributed by atoms with Crippen LogP contribution in [0.15, 0.2) is 0 Å². The number of nitrogens with zero attached hydrogens (tertiary/aromatic N) is 1. The molecule has 0 saturated carbocycles. The van der Waals surface area contributed by atoms with Crippen LogP contribution < -0.4 is 5.73 Å². The maximum atomic E-state index is 5.74. The third kappa shape index (κ3) is 4.49. The van der Waals surface area contributed by atoms with Gasteiger partial charge in [-0.2, -0.15) is 0 Å². The largest absolute Gasteiger partial charge is 0.377 e. The molecule has 90 valence electrons. The van der Waals surface area contributed by atoms with E-state index >= 15 is 0 Å². The van der Waals surface area contributed by atoms with Crippen molar-refractivity contribution >= 4 is 0 Å². The molecule has 15 heavy (non-hydrogen) atoms. The summed E-state index contributed by atoms with van der Waals surface area (Å²) in [6.07, 6.45) is 4.12. The average Bonchev–Trinajstić information content (AvgIpc) is 2.76. The standard InChI is InChI=1S/C12H26N2O/c1-3-11(8-13)9-14(4-2)10-12-6-5-7-15-12/h11-12H,3-10,13H2,1-2H3. The molecule has 3 heteroatoms. The van der Waals surface area contributed by atoms with Crippen molar-refractivity contribution in [1.29, 1.82) is 0 Å². The Balaban J connectivity index is 2.27. The van der Waals surface area contributed by atoms with Crippen LogP contribution in [-0.2, 0) is 4.74 Å². The van der Waals surface area contributed by atoms with Crippen molar-refractivity contribution in [2.75, 3.05) is 32.8 Å². The van der Waals surface area contributed by atoms with Gasteiger partial charge in [-0.15, -0.1) is 0 Å². The smallest absolute Gasteiger partial charge is 0.0702 e. The molecule has 0 amide bonds. The molecule has 1 saturated heterocycles. The van der Waals surface area contributed by atoms with Gasteiger partial charge >= 0.3 is 0 Å². The number of nitrogens with two attached hydrogens (primary N) is 1. The Morgan fingerprint density at radius 3 is 2.73 bits per heavy atom. The van der Waals surface area contributed by atoms with Crippen molar-refractivity contribution in [1.82, 2.24) is 4.90 Å². The molecule has 3 nitrogen and oxygen atoms in total. The van der Waals surface area contributed by atoms with Crippen LogP contribution in [0, 0.1) is 5.92 Å². The van der Waals surface area contributed by atoms with Crippen molar-refractivity contribution in [3.05, 3.63) is 0 Å². The Morgan fingerprint density at radius 1 is 1.47 bits per heavy atom. The summed E-state index contributed by atoms with van der Waals surface area (Å²) in [5.41, 5.74) is 5.74. The molecule has 1 aliphatic heterocycles. The first-order chi connectivity index (χ1) is 7.30. The Labute approximate surface area is 94.0 Å². The molecule has 1 fully saturated rings. The summed E-state index contributed by atoms with van der Waals surface area (Å²) >= 11 is 0. The lowest BCUT2D eigenvalue weighted by Crippen LogP contribution is -2.37. The van der Waals surface area contributed by atoms with Crippen LogP contribution in [0.1, 0.15) is 33.1 Å². The lowest BCUT2D eigenvalue weighted by molar-refractivity contribution is 0.0696. The van der Waals surface area contributed by atoms with E-state index in [1.54, 1.807) is 0 Å². The van der Waals surface area contributed by atoms with Crippen LogP contribution in [0.25, 0.3) is 0 Å². The second kappa shape index (κ2) is 7.20. The normalized spacial score (nSPS) is 23.6. The quantitative estimate of drug-likeness (QED) is 0.697. The van der Waals surface area contributed by atoms with Crippen LogP contribution >= 0.6 is 0 Å². The minimum atomic E-state index is 0.472. The first-order valence-electron chi connectivity index (χ1n) is 6.34. The Morgan fingerprint density at radius 2 is 2.27 bits per heavy atom. The van der Waals surface area contributed by atoms with Gasteiger partial charge in [0.1, 0.15) is 0 Å².